The van der Waals surface area contributed by atoms with Crippen LogP contribution in [0.5, 0.6) is 0 Å². The van der Waals surface area contributed by atoms with E-state index >= 15 is 0 Å². The van der Waals surface area contributed by atoms with Crippen LogP contribution in [0.3, 0.4) is 0 Å². The molecule has 1 saturated heterocycles. The molecule has 0 spiro atoms. The van der Waals surface area contributed by atoms with Crippen molar-refractivity contribution in [2.24, 2.45) is 5.92 Å². The number of carbonyl (C=O) groups excluding carboxylic acids is 3. The third kappa shape index (κ3) is 7.12. The molecule has 0 atom stereocenters. The molecule has 4 amide bonds. The van der Waals surface area contributed by atoms with E-state index in [-0.39, 0.29) is 30.1 Å². The number of amides is 4. The van der Waals surface area contributed by atoms with Gasteiger partial charge in [-0.2, -0.15) is 0 Å². The number of imide groups is 1. The molecule has 1 fully saturated rings. The molecule has 1 aliphatic heterocycles. The SMILES string of the molecule is Cc1cccc(NC(=O)NC(=O)CN2CCC(C(=O)NCCc3ccccc3F)CC2)c1C. The quantitative estimate of drug-likeness (QED) is 0.600. The lowest BCUT2D eigenvalue weighted by Crippen LogP contribution is -2.46. The third-order valence-corrected chi connectivity index (χ3v) is 6.08. The summed E-state index contributed by atoms with van der Waals surface area (Å²) in [7, 11) is 0. The van der Waals surface area contributed by atoms with Crippen molar-refractivity contribution < 1.29 is 18.8 Å². The summed E-state index contributed by atoms with van der Waals surface area (Å²) in [4.78, 5) is 38.8. The molecule has 3 rings (SSSR count). The number of aryl methyl sites for hydroxylation is 1. The van der Waals surface area contributed by atoms with E-state index in [2.05, 4.69) is 16.0 Å². The van der Waals surface area contributed by atoms with Crippen LogP contribution >= 0.6 is 0 Å². The van der Waals surface area contributed by atoms with Crippen LogP contribution in [0.4, 0.5) is 14.9 Å². The maximum Gasteiger partial charge on any atom is 0.325 e. The molecule has 0 aromatic heterocycles. The van der Waals surface area contributed by atoms with Crippen LogP contribution in [0.15, 0.2) is 42.5 Å². The molecule has 7 nitrogen and oxygen atoms in total. The van der Waals surface area contributed by atoms with Gasteiger partial charge in [0.05, 0.1) is 6.54 Å². The minimum Gasteiger partial charge on any atom is -0.356 e. The highest BCUT2D eigenvalue weighted by Gasteiger charge is 2.26. The van der Waals surface area contributed by atoms with Crippen LogP contribution in [0.2, 0.25) is 0 Å². The molecule has 0 saturated carbocycles. The molecular formula is C25H31FN4O3. The third-order valence-electron chi connectivity index (χ3n) is 6.08. The summed E-state index contributed by atoms with van der Waals surface area (Å²) in [6, 6.07) is 11.6. The Labute approximate surface area is 193 Å². The fourth-order valence-corrected chi connectivity index (χ4v) is 3.93. The molecule has 1 heterocycles. The first-order chi connectivity index (χ1) is 15.8. The zero-order chi connectivity index (χ0) is 23.8. The summed E-state index contributed by atoms with van der Waals surface area (Å²) in [5.41, 5.74) is 3.26. The van der Waals surface area contributed by atoms with E-state index in [1.807, 2.05) is 30.9 Å². The molecule has 8 heteroatoms. The van der Waals surface area contributed by atoms with Gasteiger partial charge in [0.1, 0.15) is 5.82 Å². The van der Waals surface area contributed by atoms with Crippen molar-refractivity contribution >= 4 is 23.5 Å². The van der Waals surface area contributed by atoms with E-state index in [4.69, 9.17) is 0 Å². The smallest absolute Gasteiger partial charge is 0.325 e. The highest BCUT2D eigenvalue weighted by molar-refractivity contribution is 6.02. The standard InChI is InChI=1S/C25H31FN4O3/c1-17-6-5-9-22(18(17)2)28-25(33)29-23(31)16-30-14-11-20(12-15-30)24(32)27-13-10-19-7-3-4-8-21(19)26/h3-9,20H,10-16H2,1-2H3,(H,27,32)(H2,28,29,31,33). The second-order valence-electron chi connectivity index (χ2n) is 8.43. The molecular weight excluding hydrogens is 423 g/mol. The van der Waals surface area contributed by atoms with Gasteiger partial charge in [-0.1, -0.05) is 30.3 Å². The number of nitrogens with one attached hydrogen (secondary N) is 3. The molecule has 0 bridgehead atoms. The van der Waals surface area contributed by atoms with Crippen molar-refractivity contribution in [1.82, 2.24) is 15.5 Å². The van der Waals surface area contributed by atoms with Crippen molar-refractivity contribution in [2.45, 2.75) is 33.1 Å². The number of carbonyl (C=O) groups is 3. The predicted octanol–water partition coefficient (Wildman–Crippen LogP) is 3.16. The van der Waals surface area contributed by atoms with Gasteiger partial charge in [-0.3, -0.25) is 19.8 Å². The molecule has 0 unspecified atom stereocenters. The predicted molar refractivity (Wildman–Crippen MR) is 125 cm³/mol. The van der Waals surface area contributed by atoms with Crippen molar-refractivity contribution in [3.05, 3.63) is 65.0 Å². The number of halogens is 1. The van der Waals surface area contributed by atoms with Crippen LogP contribution in [-0.4, -0.2) is 48.9 Å². The first-order valence-electron chi connectivity index (χ1n) is 11.2. The minimum absolute atomic E-state index is 0.0386. The van der Waals surface area contributed by atoms with Crippen molar-refractivity contribution in [1.29, 1.82) is 0 Å². The monoisotopic (exact) mass is 454 g/mol. The summed E-state index contributed by atoms with van der Waals surface area (Å²) < 4.78 is 13.7. The van der Waals surface area contributed by atoms with Crippen molar-refractivity contribution in [3.63, 3.8) is 0 Å². The number of hydrogen-bond donors (Lipinski definition) is 3. The van der Waals surface area contributed by atoms with Crippen molar-refractivity contribution in [2.75, 3.05) is 31.5 Å². The van der Waals surface area contributed by atoms with Crippen LogP contribution < -0.4 is 16.0 Å². The largest absolute Gasteiger partial charge is 0.356 e. The molecule has 0 radical (unpaired) electrons. The van der Waals surface area contributed by atoms with Gasteiger partial charge in [-0.05, 0) is 75.0 Å². The minimum atomic E-state index is -0.558. The zero-order valence-corrected chi connectivity index (χ0v) is 19.1. The molecule has 2 aromatic rings. The second kappa shape index (κ2) is 11.6. The van der Waals surface area contributed by atoms with Crippen LogP contribution in [-0.2, 0) is 16.0 Å². The number of urea groups is 1. The number of likely N-dealkylation sites (tertiary alicyclic amines) is 1. The van der Waals surface area contributed by atoms with Crippen LogP contribution in [0.25, 0.3) is 0 Å². The summed E-state index contributed by atoms with van der Waals surface area (Å²) in [5, 5.41) is 7.96. The number of hydrogen-bond acceptors (Lipinski definition) is 4. The molecule has 2 aromatic carbocycles. The van der Waals surface area contributed by atoms with E-state index in [1.54, 1.807) is 24.3 Å². The van der Waals surface area contributed by atoms with E-state index in [0.717, 1.165) is 11.1 Å². The number of anilines is 1. The summed E-state index contributed by atoms with van der Waals surface area (Å²) in [5.74, 6) is -0.813. The maximum absolute atomic E-state index is 13.7. The highest BCUT2D eigenvalue weighted by Crippen LogP contribution is 2.18. The number of piperidine rings is 1. The first kappa shape index (κ1) is 24.4. The highest BCUT2D eigenvalue weighted by atomic mass is 19.1. The lowest BCUT2D eigenvalue weighted by atomic mass is 9.96. The zero-order valence-electron chi connectivity index (χ0n) is 19.1. The van der Waals surface area contributed by atoms with Gasteiger partial charge >= 0.3 is 6.03 Å². The van der Waals surface area contributed by atoms with Gasteiger partial charge < -0.3 is 10.6 Å². The Balaban J connectivity index is 1.35. The van der Waals surface area contributed by atoms with Gasteiger partial charge in [0, 0.05) is 18.2 Å². The number of nitrogens with zero attached hydrogens (tertiary/aromatic N) is 1. The Morgan fingerprint density at radius 2 is 1.76 bits per heavy atom. The van der Waals surface area contributed by atoms with E-state index < -0.39 is 6.03 Å². The van der Waals surface area contributed by atoms with Gasteiger partial charge in [0.15, 0.2) is 0 Å². The topological polar surface area (TPSA) is 90.5 Å². The molecule has 33 heavy (non-hydrogen) atoms. The Morgan fingerprint density at radius 1 is 1.03 bits per heavy atom. The Bertz CT molecular complexity index is 1000. The average Bonchev–Trinajstić information content (AvgIpc) is 2.78. The van der Waals surface area contributed by atoms with Gasteiger partial charge in [0.25, 0.3) is 0 Å². The number of rotatable bonds is 7. The van der Waals surface area contributed by atoms with Gasteiger partial charge in [0.2, 0.25) is 11.8 Å². The fraction of sp³-hybridized carbons (Fsp3) is 0.400. The molecule has 1 aliphatic rings. The van der Waals surface area contributed by atoms with Gasteiger partial charge in [-0.25, -0.2) is 9.18 Å². The molecule has 176 valence electrons. The lowest BCUT2D eigenvalue weighted by Gasteiger charge is -2.30. The second-order valence-corrected chi connectivity index (χ2v) is 8.43. The normalized spacial score (nSPS) is 14.5. The fourth-order valence-electron chi connectivity index (χ4n) is 3.93. The summed E-state index contributed by atoms with van der Waals surface area (Å²) >= 11 is 0. The Morgan fingerprint density at radius 3 is 2.48 bits per heavy atom. The van der Waals surface area contributed by atoms with E-state index in [1.165, 1.54) is 6.07 Å². The number of benzene rings is 2. The van der Waals surface area contributed by atoms with E-state index in [9.17, 15) is 18.8 Å². The average molecular weight is 455 g/mol. The Hall–Kier alpha value is -3.26. The van der Waals surface area contributed by atoms with Gasteiger partial charge in [-0.15, -0.1) is 0 Å². The molecule has 0 aliphatic carbocycles. The van der Waals surface area contributed by atoms with Crippen molar-refractivity contribution in [3.8, 4) is 0 Å². The van der Waals surface area contributed by atoms with Crippen LogP contribution in [0.1, 0.15) is 29.5 Å². The summed E-state index contributed by atoms with van der Waals surface area (Å²) in [6.45, 7) is 5.54. The lowest BCUT2D eigenvalue weighted by molar-refractivity contribution is -0.126. The van der Waals surface area contributed by atoms with E-state index in [0.29, 0.717) is 50.1 Å². The summed E-state index contributed by atoms with van der Waals surface area (Å²) in [6.07, 6.45) is 1.71. The maximum atomic E-state index is 13.7. The molecule has 3 N–H and O–H groups in total. The first-order valence-corrected chi connectivity index (χ1v) is 11.2. The van der Waals surface area contributed by atoms with Crippen LogP contribution in [0, 0.1) is 25.6 Å². The Kier molecular flexibility index (Phi) is 8.54.